The number of halogens is 3. The van der Waals surface area contributed by atoms with Crippen LogP contribution in [0.3, 0.4) is 0 Å². The Bertz CT molecular complexity index is 926. The molecular weight excluding hydrogens is 427 g/mol. The Morgan fingerprint density at radius 1 is 0.857 bits per heavy atom. The van der Waals surface area contributed by atoms with Crippen molar-refractivity contribution in [1.29, 1.82) is 0 Å². The van der Waals surface area contributed by atoms with E-state index in [2.05, 4.69) is 0 Å². The quantitative estimate of drug-likeness (QED) is 0.416. The summed E-state index contributed by atoms with van der Waals surface area (Å²) in [5.41, 5.74) is 1.24. The molecule has 0 radical (unpaired) electrons. The molecule has 1 fully saturated rings. The summed E-state index contributed by atoms with van der Waals surface area (Å²) in [6.07, 6.45) is -1.27. The minimum atomic E-state index is -1.87. The smallest absolute Gasteiger partial charge is 0.285 e. The van der Waals surface area contributed by atoms with Crippen molar-refractivity contribution in [2.75, 3.05) is 0 Å². The first-order valence-corrected chi connectivity index (χ1v) is 9.48. The van der Waals surface area contributed by atoms with Crippen molar-refractivity contribution in [2.45, 2.75) is 22.5 Å². The second-order valence-corrected chi connectivity index (χ2v) is 8.78. The second-order valence-electron chi connectivity index (χ2n) is 6.41. The predicted octanol–water partition coefficient (Wildman–Crippen LogP) is 3.36. The maximum absolute atomic E-state index is 12.7. The molecule has 144 valence electrons. The van der Waals surface area contributed by atoms with Crippen LogP contribution in [0, 0.1) is 0 Å². The molecule has 28 heavy (non-hydrogen) atoms. The van der Waals surface area contributed by atoms with Gasteiger partial charge in [0.1, 0.15) is 6.04 Å². The van der Waals surface area contributed by atoms with E-state index >= 15 is 0 Å². The number of carbonyl (C=O) groups excluding carboxylic acids is 3. The number of fused-ring (bicyclic) bond motifs is 1. The summed E-state index contributed by atoms with van der Waals surface area (Å²) in [5, 5.41) is 0.566. The highest BCUT2D eigenvalue weighted by Gasteiger charge is 2.59. The molecular formula is C19H13Cl3N2O4. The Balaban J connectivity index is 1.56. The highest BCUT2D eigenvalue weighted by molar-refractivity contribution is 6.68. The average molecular weight is 440 g/mol. The number of alkyl halides is 3. The molecule has 0 aliphatic carbocycles. The topological polar surface area (TPSA) is 66.9 Å². The summed E-state index contributed by atoms with van der Waals surface area (Å²) in [6.45, 7) is 0.209. The standard InChI is InChI=1S/C19H13Cl3N2O4/c20-19(21,22)15-14(18(27)23(15)10-11-6-2-1-3-7-11)28-24-16(25)12-8-4-5-9-13(12)17(24)26/h1-9,14-15H,10H2/t14-,15-/m0/s1. The molecule has 0 N–H and O–H groups in total. The predicted molar refractivity (Wildman–Crippen MR) is 103 cm³/mol. The third kappa shape index (κ3) is 3.16. The number of carbonyl (C=O) groups is 3. The van der Waals surface area contributed by atoms with Gasteiger partial charge in [0.05, 0.1) is 11.1 Å². The first kappa shape index (κ1) is 19.2. The molecule has 9 heteroatoms. The zero-order valence-electron chi connectivity index (χ0n) is 14.2. The molecule has 0 bridgehead atoms. The number of hydrogen-bond acceptors (Lipinski definition) is 4. The van der Waals surface area contributed by atoms with E-state index in [0.717, 1.165) is 5.56 Å². The summed E-state index contributed by atoms with van der Waals surface area (Å²) in [5.74, 6) is -1.78. The molecule has 0 spiro atoms. The SMILES string of the molecule is O=C1c2ccccc2C(=O)N1O[C@@H]1C(=O)N(Cc2ccccc2)[C@@H]1C(Cl)(Cl)Cl. The van der Waals surface area contributed by atoms with Gasteiger partial charge in [0.15, 0.2) is 6.10 Å². The summed E-state index contributed by atoms with van der Waals surface area (Å²) >= 11 is 18.2. The van der Waals surface area contributed by atoms with Crippen LogP contribution in [0.5, 0.6) is 0 Å². The van der Waals surface area contributed by atoms with E-state index in [4.69, 9.17) is 39.6 Å². The number of β-lactam (4-membered cyclic amide) rings is 1. The average Bonchev–Trinajstić information content (AvgIpc) is 2.91. The molecule has 0 aromatic heterocycles. The van der Waals surface area contributed by atoms with E-state index in [0.29, 0.717) is 5.06 Å². The number of imide groups is 1. The fourth-order valence-corrected chi connectivity index (χ4v) is 4.00. The van der Waals surface area contributed by atoms with Crippen LogP contribution >= 0.6 is 34.8 Å². The third-order valence-corrected chi connectivity index (χ3v) is 5.33. The molecule has 2 aromatic carbocycles. The van der Waals surface area contributed by atoms with Gasteiger partial charge < -0.3 is 4.90 Å². The number of rotatable bonds is 4. The van der Waals surface area contributed by atoms with Gasteiger partial charge in [-0.3, -0.25) is 14.4 Å². The zero-order chi connectivity index (χ0) is 20.1. The Morgan fingerprint density at radius 2 is 1.39 bits per heavy atom. The van der Waals surface area contributed by atoms with Crippen molar-refractivity contribution >= 4 is 52.5 Å². The fourth-order valence-electron chi connectivity index (χ4n) is 3.30. The molecule has 2 aliphatic rings. The van der Waals surface area contributed by atoms with Crippen LogP contribution in [0.1, 0.15) is 26.3 Å². The number of hydroxylamine groups is 2. The van der Waals surface area contributed by atoms with Gasteiger partial charge in [-0.1, -0.05) is 77.3 Å². The lowest BCUT2D eigenvalue weighted by Crippen LogP contribution is -2.71. The lowest BCUT2D eigenvalue weighted by atomic mass is 9.98. The molecule has 3 amide bonds. The fraction of sp³-hybridized carbons (Fsp3) is 0.211. The second kappa shape index (κ2) is 7.04. The van der Waals surface area contributed by atoms with Crippen molar-refractivity contribution in [2.24, 2.45) is 0 Å². The van der Waals surface area contributed by atoms with Crippen molar-refractivity contribution in [3.63, 3.8) is 0 Å². The first-order chi connectivity index (χ1) is 13.3. The normalized spacial score (nSPS) is 21.8. The van der Waals surface area contributed by atoms with Crippen LogP contribution < -0.4 is 0 Å². The largest absolute Gasteiger partial charge is 0.325 e. The lowest BCUT2D eigenvalue weighted by Gasteiger charge is -2.49. The molecule has 2 atom stereocenters. The van der Waals surface area contributed by atoms with Crippen LogP contribution in [0.15, 0.2) is 54.6 Å². The van der Waals surface area contributed by atoms with Gasteiger partial charge in [-0.25, -0.2) is 4.84 Å². The van der Waals surface area contributed by atoms with E-state index < -0.39 is 33.7 Å². The van der Waals surface area contributed by atoms with Gasteiger partial charge in [0.2, 0.25) is 3.79 Å². The van der Waals surface area contributed by atoms with E-state index in [-0.39, 0.29) is 17.7 Å². The van der Waals surface area contributed by atoms with E-state index in [1.54, 1.807) is 12.1 Å². The zero-order valence-corrected chi connectivity index (χ0v) is 16.5. The van der Waals surface area contributed by atoms with Crippen LogP contribution in [0.25, 0.3) is 0 Å². The molecule has 4 rings (SSSR count). The molecule has 2 aliphatic heterocycles. The van der Waals surface area contributed by atoms with Gasteiger partial charge >= 0.3 is 0 Å². The van der Waals surface area contributed by atoms with Gasteiger partial charge in [-0.05, 0) is 17.7 Å². The summed E-state index contributed by atoms with van der Waals surface area (Å²) in [4.78, 5) is 44.4. The minimum absolute atomic E-state index is 0.200. The highest BCUT2D eigenvalue weighted by atomic mass is 35.6. The van der Waals surface area contributed by atoms with E-state index in [1.807, 2.05) is 30.3 Å². The molecule has 1 saturated heterocycles. The maximum Gasteiger partial charge on any atom is 0.285 e. The van der Waals surface area contributed by atoms with Crippen molar-refractivity contribution < 1.29 is 19.2 Å². The van der Waals surface area contributed by atoms with Crippen LogP contribution in [0.2, 0.25) is 0 Å². The van der Waals surface area contributed by atoms with Crippen LogP contribution in [-0.2, 0) is 16.2 Å². The van der Waals surface area contributed by atoms with Crippen molar-refractivity contribution in [3.8, 4) is 0 Å². The molecule has 2 aromatic rings. The number of likely N-dealkylation sites (tertiary alicyclic amines) is 1. The van der Waals surface area contributed by atoms with Gasteiger partial charge in [-0.2, -0.15) is 0 Å². The van der Waals surface area contributed by atoms with Gasteiger partial charge in [0, 0.05) is 6.54 Å². The van der Waals surface area contributed by atoms with Crippen molar-refractivity contribution in [3.05, 3.63) is 71.3 Å². The summed E-state index contributed by atoms with van der Waals surface area (Å²) in [6, 6.07) is 14.5. The van der Waals surface area contributed by atoms with Gasteiger partial charge in [0.25, 0.3) is 17.7 Å². The van der Waals surface area contributed by atoms with Crippen molar-refractivity contribution in [1.82, 2.24) is 9.96 Å². The Labute approximate surface area is 175 Å². The van der Waals surface area contributed by atoms with E-state index in [9.17, 15) is 14.4 Å². The Hall–Kier alpha value is -2.12. The lowest BCUT2D eigenvalue weighted by molar-refractivity contribution is -0.209. The molecule has 0 saturated carbocycles. The molecule has 6 nitrogen and oxygen atoms in total. The maximum atomic E-state index is 12.7. The first-order valence-electron chi connectivity index (χ1n) is 8.35. The Morgan fingerprint density at radius 3 is 1.93 bits per heavy atom. The number of nitrogens with zero attached hydrogens (tertiary/aromatic N) is 2. The summed E-state index contributed by atoms with van der Waals surface area (Å²) in [7, 11) is 0. The summed E-state index contributed by atoms with van der Waals surface area (Å²) < 4.78 is -1.87. The Kier molecular flexibility index (Phi) is 4.83. The third-order valence-electron chi connectivity index (χ3n) is 4.66. The van der Waals surface area contributed by atoms with Crippen LogP contribution in [-0.4, -0.2) is 43.6 Å². The molecule has 0 unspecified atom stereocenters. The monoisotopic (exact) mass is 438 g/mol. The number of benzene rings is 2. The van der Waals surface area contributed by atoms with Crippen LogP contribution in [0.4, 0.5) is 0 Å². The van der Waals surface area contributed by atoms with Gasteiger partial charge in [-0.15, -0.1) is 5.06 Å². The van der Waals surface area contributed by atoms with E-state index in [1.165, 1.54) is 17.0 Å². The number of amides is 3. The minimum Gasteiger partial charge on any atom is -0.325 e. The molecule has 2 heterocycles. The number of hydrogen-bond donors (Lipinski definition) is 0. The highest BCUT2D eigenvalue weighted by Crippen LogP contribution is 2.43.